The molecule has 1 N–H and O–H groups in total. The van der Waals surface area contributed by atoms with Crippen molar-refractivity contribution in [2.75, 3.05) is 32.4 Å². The average Bonchev–Trinajstić information content (AvgIpc) is 3.31. The van der Waals surface area contributed by atoms with Crippen LogP contribution in [0.25, 0.3) is 0 Å². The number of thioether (sulfide) groups is 1. The first-order valence-corrected chi connectivity index (χ1v) is 11.5. The Morgan fingerprint density at radius 2 is 1.76 bits per heavy atom. The molecule has 3 aromatic rings. The van der Waals surface area contributed by atoms with E-state index in [-0.39, 0.29) is 17.1 Å². The molecule has 34 heavy (non-hydrogen) atoms. The van der Waals surface area contributed by atoms with E-state index in [2.05, 4.69) is 5.32 Å². The lowest BCUT2D eigenvalue weighted by Crippen LogP contribution is -2.12. The van der Waals surface area contributed by atoms with Gasteiger partial charge in [0.2, 0.25) is 0 Å². The fourth-order valence-electron chi connectivity index (χ4n) is 3.29. The number of hydrogen-bond donors (Lipinski definition) is 1. The van der Waals surface area contributed by atoms with Crippen molar-refractivity contribution in [1.82, 2.24) is 0 Å². The maximum absolute atomic E-state index is 12.8. The van der Waals surface area contributed by atoms with Gasteiger partial charge in [0, 0.05) is 35.1 Å². The Morgan fingerprint density at radius 1 is 1.06 bits per heavy atom. The first-order valence-electron chi connectivity index (χ1n) is 10.5. The van der Waals surface area contributed by atoms with Crippen LogP contribution in [0.2, 0.25) is 0 Å². The summed E-state index contributed by atoms with van der Waals surface area (Å²) >= 11 is 1.56. The lowest BCUT2D eigenvalue weighted by atomic mass is 10.1. The monoisotopic (exact) mass is 486 g/mol. The van der Waals surface area contributed by atoms with Crippen molar-refractivity contribution >= 4 is 29.0 Å². The van der Waals surface area contributed by atoms with Crippen LogP contribution in [0.1, 0.15) is 35.2 Å². The summed E-state index contributed by atoms with van der Waals surface area (Å²) in [6.07, 6.45) is 1.26. The number of rotatable bonds is 11. The molecule has 9 nitrogen and oxygen atoms in total. The maximum atomic E-state index is 12.8. The molecule has 2 aromatic carbocycles. The van der Waals surface area contributed by atoms with E-state index in [0.29, 0.717) is 29.4 Å². The summed E-state index contributed by atoms with van der Waals surface area (Å²) in [4.78, 5) is 24.5. The van der Waals surface area contributed by atoms with E-state index < -0.39 is 10.8 Å². The molecule has 0 aliphatic heterocycles. The van der Waals surface area contributed by atoms with Gasteiger partial charge in [-0.3, -0.25) is 14.9 Å². The molecule has 180 valence electrons. The van der Waals surface area contributed by atoms with Crippen LogP contribution in [0.15, 0.2) is 51.8 Å². The summed E-state index contributed by atoms with van der Waals surface area (Å²) < 4.78 is 21.9. The number of nitrogens with one attached hydrogen (secondary N) is 1. The molecule has 0 unspecified atom stereocenters. The number of benzene rings is 2. The number of anilines is 1. The van der Waals surface area contributed by atoms with Crippen molar-refractivity contribution in [3.05, 3.63) is 69.7 Å². The molecule has 0 spiro atoms. The molecule has 0 radical (unpaired) electrons. The third kappa shape index (κ3) is 5.82. The third-order valence-electron chi connectivity index (χ3n) is 4.94. The zero-order valence-electron chi connectivity index (χ0n) is 19.4. The first kappa shape index (κ1) is 25.0. The first-order chi connectivity index (χ1) is 16.4. The van der Waals surface area contributed by atoms with Crippen molar-refractivity contribution in [1.29, 1.82) is 0 Å². The highest BCUT2D eigenvalue weighted by molar-refractivity contribution is 7.99. The van der Waals surface area contributed by atoms with Crippen LogP contribution >= 0.6 is 11.8 Å². The molecule has 0 atom stereocenters. The van der Waals surface area contributed by atoms with E-state index in [4.69, 9.17) is 18.6 Å². The SMILES string of the molecule is CCCSc1ccc([N+](=O)[O-])c(NC(=O)c2ccc(Cc3c(OC)cc(OC)cc3OC)o2)c1. The van der Waals surface area contributed by atoms with Gasteiger partial charge in [0.1, 0.15) is 28.7 Å². The second kappa shape index (κ2) is 11.5. The molecular weight excluding hydrogens is 460 g/mol. The highest BCUT2D eigenvalue weighted by atomic mass is 32.2. The molecule has 0 aliphatic rings. The van der Waals surface area contributed by atoms with Gasteiger partial charge in [0.15, 0.2) is 5.76 Å². The molecule has 10 heteroatoms. The van der Waals surface area contributed by atoms with Gasteiger partial charge in [-0.25, -0.2) is 0 Å². The van der Waals surface area contributed by atoms with Crippen LogP contribution < -0.4 is 19.5 Å². The van der Waals surface area contributed by atoms with Gasteiger partial charge in [0.05, 0.1) is 26.3 Å². The minimum Gasteiger partial charge on any atom is -0.496 e. The summed E-state index contributed by atoms with van der Waals surface area (Å²) in [5, 5.41) is 14.0. The molecule has 1 heterocycles. The Kier molecular flexibility index (Phi) is 8.42. The fraction of sp³-hybridized carbons (Fsp3) is 0.292. The van der Waals surface area contributed by atoms with Gasteiger partial charge < -0.3 is 23.9 Å². The Bertz CT molecular complexity index is 1150. The van der Waals surface area contributed by atoms with Gasteiger partial charge in [-0.05, 0) is 36.4 Å². The summed E-state index contributed by atoms with van der Waals surface area (Å²) in [6.45, 7) is 2.05. The number of hydrogen-bond acceptors (Lipinski definition) is 8. The third-order valence-corrected chi connectivity index (χ3v) is 6.14. The largest absolute Gasteiger partial charge is 0.496 e. The van der Waals surface area contributed by atoms with Crippen molar-refractivity contribution in [3.8, 4) is 17.2 Å². The van der Waals surface area contributed by atoms with Crippen molar-refractivity contribution < 1.29 is 28.3 Å². The minimum absolute atomic E-state index is 0.0300. The van der Waals surface area contributed by atoms with Crippen LogP contribution in [0.3, 0.4) is 0 Å². The number of nitro benzene ring substituents is 1. The summed E-state index contributed by atoms with van der Waals surface area (Å²) in [7, 11) is 4.63. The Hall–Kier alpha value is -3.66. The lowest BCUT2D eigenvalue weighted by Gasteiger charge is -2.14. The van der Waals surface area contributed by atoms with E-state index in [1.54, 1.807) is 63.4 Å². The summed E-state index contributed by atoms with van der Waals surface area (Å²) in [5.74, 6) is 2.49. The highest BCUT2D eigenvalue weighted by Gasteiger charge is 2.21. The zero-order valence-corrected chi connectivity index (χ0v) is 20.2. The molecule has 0 aliphatic carbocycles. The minimum atomic E-state index is -0.583. The number of methoxy groups -OCH3 is 3. The molecule has 0 fully saturated rings. The molecule has 0 bridgehead atoms. The zero-order chi connectivity index (χ0) is 24.7. The molecular formula is C24H26N2O7S. The number of nitro groups is 1. The van der Waals surface area contributed by atoms with E-state index in [0.717, 1.165) is 22.6 Å². The van der Waals surface area contributed by atoms with Gasteiger partial charge in [-0.1, -0.05) is 6.92 Å². The number of furan rings is 1. The lowest BCUT2D eigenvalue weighted by molar-refractivity contribution is -0.384. The smallest absolute Gasteiger partial charge is 0.292 e. The van der Waals surface area contributed by atoms with Crippen LogP contribution in [0.4, 0.5) is 11.4 Å². The van der Waals surface area contributed by atoms with Crippen LogP contribution in [0, 0.1) is 10.1 Å². The second-order valence-electron chi connectivity index (χ2n) is 7.19. The van der Waals surface area contributed by atoms with Crippen LogP contribution in [-0.2, 0) is 6.42 Å². The van der Waals surface area contributed by atoms with Crippen LogP contribution in [-0.4, -0.2) is 37.9 Å². The van der Waals surface area contributed by atoms with E-state index in [1.165, 1.54) is 12.1 Å². The molecule has 0 saturated carbocycles. The fourth-order valence-corrected chi connectivity index (χ4v) is 4.09. The number of carbonyl (C=O) groups excluding carboxylic acids is 1. The van der Waals surface area contributed by atoms with Gasteiger partial charge in [0.25, 0.3) is 11.6 Å². The van der Waals surface area contributed by atoms with Gasteiger partial charge in [-0.2, -0.15) is 0 Å². The predicted molar refractivity (Wildman–Crippen MR) is 130 cm³/mol. The highest BCUT2D eigenvalue weighted by Crippen LogP contribution is 2.36. The number of ether oxygens (including phenoxy) is 3. The molecule has 3 rings (SSSR count). The molecule has 1 amide bonds. The van der Waals surface area contributed by atoms with Gasteiger partial charge in [-0.15, -0.1) is 11.8 Å². The molecule has 1 aromatic heterocycles. The summed E-state index contributed by atoms with van der Waals surface area (Å²) in [5.41, 5.74) is 0.657. The number of amides is 1. The quantitative estimate of drug-likeness (QED) is 0.213. The van der Waals surface area contributed by atoms with E-state index >= 15 is 0 Å². The Labute approximate surface area is 201 Å². The average molecular weight is 487 g/mol. The Balaban J connectivity index is 1.82. The van der Waals surface area contributed by atoms with Crippen molar-refractivity contribution in [2.45, 2.75) is 24.7 Å². The number of nitrogens with zero attached hydrogens (tertiary/aromatic N) is 1. The predicted octanol–water partition coefficient (Wildman–Crippen LogP) is 5.56. The van der Waals surface area contributed by atoms with Crippen molar-refractivity contribution in [3.63, 3.8) is 0 Å². The number of carbonyl (C=O) groups is 1. The second-order valence-corrected chi connectivity index (χ2v) is 8.36. The standard InChI is InChI=1S/C24H26N2O7S/c1-5-10-34-17-7-8-20(26(28)29)19(14-17)25-24(27)21-9-6-15(33-21)11-18-22(31-3)12-16(30-2)13-23(18)32-4/h6-9,12-14H,5,10-11H2,1-4H3,(H,25,27). The normalized spacial score (nSPS) is 10.6. The van der Waals surface area contributed by atoms with Crippen LogP contribution in [0.5, 0.6) is 17.2 Å². The van der Waals surface area contributed by atoms with Gasteiger partial charge >= 0.3 is 0 Å². The Morgan fingerprint density at radius 3 is 2.35 bits per heavy atom. The van der Waals surface area contributed by atoms with Crippen molar-refractivity contribution in [2.24, 2.45) is 0 Å². The van der Waals surface area contributed by atoms with E-state index in [9.17, 15) is 14.9 Å². The maximum Gasteiger partial charge on any atom is 0.292 e. The van der Waals surface area contributed by atoms with E-state index in [1.807, 2.05) is 6.92 Å². The molecule has 0 saturated heterocycles. The summed E-state index contributed by atoms with van der Waals surface area (Å²) in [6, 6.07) is 11.3. The topological polar surface area (TPSA) is 113 Å².